The van der Waals surface area contributed by atoms with Crippen LogP contribution >= 0.6 is 0 Å². The fourth-order valence-electron chi connectivity index (χ4n) is 1.29. The zero-order chi connectivity index (χ0) is 13.2. The van der Waals surface area contributed by atoms with E-state index in [1.54, 1.807) is 6.92 Å². The Labute approximate surface area is 99.0 Å². The molecule has 0 aliphatic carbocycles. The van der Waals surface area contributed by atoms with Crippen molar-refractivity contribution in [1.82, 2.24) is 5.32 Å². The van der Waals surface area contributed by atoms with Crippen molar-refractivity contribution in [2.45, 2.75) is 26.3 Å². The maximum absolute atomic E-state index is 12.9. The highest BCUT2D eigenvalue weighted by molar-refractivity contribution is 5.99. The summed E-state index contributed by atoms with van der Waals surface area (Å²) in [6.45, 7) is 4.63. The van der Waals surface area contributed by atoms with E-state index in [1.165, 1.54) is 32.0 Å². The molecule has 0 saturated carbocycles. The maximum atomic E-state index is 12.9. The second-order valence-electron chi connectivity index (χ2n) is 4.40. The van der Waals surface area contributed by atoms with Gasteiger partial charge in [-0.15, -0.1) is 0 Å². The van der Waals surface area contributed by atoms with E-state index >= 15 is 0 Å². The lowest BCUT2D eigenvalue weighted by molar-refractivity contribution is -0.122. The van der Waals surface area contributed by atoms with Gasteiger partial charge in [0.1, 0.15) is 11.4 Å². The maximum Gasteiger partial charge on any atom is 0.252 e. The average Bonchev–Trinajstić information content (AvgIpc) is 2.15. The molecule has 0 spiro atoms. The third kappa shape index (κ3) is 3.03. The van der Waals surface area contributed by atoms with Crippen molar-refractivity contribution in [2.75, 3.05) is 0 Å². The first-order chi connectivity index (χ1) is 7.74. The van der Waals surface area contributed by atoms with Crippen LogP contribution in [0.25, 0.3) is 0 Å². The molecule has 92 valence electrons. The predicted molar refractivity (Wildman–Crippen MR) is 61.9 cm³/mol. The van der Waals surface area contributed by atoms with E-state index in [0.29, 0.717) is 11.1 Å². The van der Waals surface area contributed by atoms with Gasteiger partial charge in [-0.25, -0.2) is 4.39 Å². The molecule has 4 nitrogen and oxygen atoms in total. The van der Waals surface area contributed by atoms with Crippen LogP contribution in [0.15, 0.2) is 18.2 Å². The molecule has 0 bridgehead atoms. The Morgan fingerprint density at radius 3 is 2.41 bits per heavy atom. The summed E-state index contributed by atoms with van der Waals surface area (Å²) in [5.74, 6) is -1.50. The number of carbonyl (C=O) groups excluding carboxylic acids is 2. The standard InChI is InChI=1S/C12H15FN2O2/c1-7-6-8(13)4-5-9(7)10(16)15-12(2,3)11(14)17/h4-6H,1-3H3,(H2,14,17)(H,15,16). The van der Waals surface area contributed by atoms with Gasteiger partial charge >= 0.3 is 0 Å². The molecule has 17 heavy (non-hydrogen) atoms. The third-order valence-corrected chi connectivity index (χ3v) is 2.48. The van der Waals surface area contributed by atoms with Crippen LogP contribution in [0.4, 0.5) is 4.39 Å². The van der Waals surface area contributed by atoms with Gasteiger partial charge in [0.05, 0.1) is 0 Å². The molecule has 0 aliphatic heterocycles. The van der Waals surface area contributed by atoms with Crippen molar-refractivity contribution in [2.24, 2.45) is 5.73 Å². The third-order valence-electron chi connectivity index (χ3n) is 2.48. The van der Waals surface area contributed by atoms with E-state index in [2.05, 4.69) is 5.32 Å². The van der Waals surface area contributed by atoms with E-state index in [0.717, 1.165) is 0 Å². The van der Waals surface area contributed by atoms with Gasteiger partial charge in [0.25, 0.3) is 5.91 Å². The first kappa shape index (κ1) is 13.2. The molecule has 0 unspecified atom stereocenters. The van der Waals surface area contributed by atoms with Crippen LogP contribution in [0.1, 0.15) is 29.8 Å². The summed E-state index contributed by atoms with van der Waals surface area (Å²) in [5.41, 5.74) is 4.83. The van der Waals surface area contributed by atoms with Crippen LogP contribution in [0.3, 0.4) is 0 Å². The van der Waals surface area contributed by atoms with Crippen LogP contribution in [0.5, 0.6) is 0 Å². The highest BCUT2D eigenvalue weighted by Crippen LogP contribution is 2.11. The Bertz CT molecular complexity index is 470. The monoisotopic (exact) mass is 238 g/mol. The summed E-state index contributed by atoms with van der Waals surface area (Å²) in [5, 5.41) is 2.50. The summed E-state index contributed by atoms with van der Waals surface area (Å²) in [7, 11) is 0. The van der Waals surface area contributed by atoms with Crippen molar-refractivity contribution in [3.63, 3.8) is 0 Å². The number of halogens is 1. The van der Waals surface area contributed by atoms with Gasteiger partial charge in [-0.1, -0.05) is 0 Å². The van der Waals surface area contributed by atoms with Crippen molar-refractivity contribution >= 4 is 11.8 Å². The van der Waals surface area contributed by atoms with Gasteiger partial charge in [0.2, 0.25) is 5.91 Å². The molecule has 0 saturated heterocycles. The Morgan fingerprint density at radius 2 is 1.94 bits per heavy atom. The van der Waals surface area contributed by atoms with Gasteiger partial charge in [0.15, 0.2) is 0 Å². The molecular formula is C12H15FN2O2. The molecule has 2 amide bonds. The lowest BCUT2D eigenvalue weighted by Crippen LogP contribution is -2.53. The number of benzene rings is 1. The number of primary amides is 1. The Morgan fingerprint density at radius 1 is 1.35 bits per heavy atom. The molecular weight excluding hydrogens is 223 g/mol. The summed E-state index contributed by atoms with van der Waals surface area (Å²) < 4.78 is 12.9. The van der Waals surface area contributed by atoms with Crippen LogP contribution in [0, 0.1) is 12.7 Å². The van der Waals surface area contributed by atoms with Crippen LogP contribution in [-0.4, -0.2) is 17.4 Å². The van der Waals surface area contributed by atoms with Gasteiger partial charge < -0.3 is 11.1 Å². The van der Waals surface area contributed by atoms with E-state index in [4.69, 9.17) is 5.73 Å². The van der Waals surface area contributed by atoms with Crippen LogP contribution in [-0.2, 0) is 4.79 Å². The topological polar surface area (TPSA) is 72.2 Å². The van der Waals surface area contributed by atoms with Crippen molar-refractivity contribution in [1.29, 1.82) is 0 Å². The molecule has 1 aromatic rings. The lowest BCUT2D eigenvalue weighted by Gasteiger charge is -2.22. The minimum atomic E-state index is -1.14. The van der Waals surface area contributed by atoms with Gasteiger partial charge in [-0.2, -0.15) is 0 Å². The fourth-order valence-corrected chi connectivity index (χ4v) is 1.29. The number of nitrogens with two attached hydrogens (primary N) is 1. The molecule has 0 radical (unpaired) electrons. The summed E-state index contributed by atoms with van der Waals surface area (Å²) in [6, 6.07) is 3.82. The molecule has 0 heterocycles. The smallest absolute Gasteiger partial charge is 0.252 e. The second kappa shape index (κ2) is 4.53. The molecule has 1 rings (SSSR count). The summed E-state index contributed by atoms with van der Waals surface area (Å²) >= 11 is 0. The average molecular weight is 238 g/mol. The SMILES string of the molecule is Cc1cc(F)ccc1C(=O)NC(C)(C)C(N)=O. The number of nitrogens with one attached hydrogen (secondary N) is 1. The molecule has 0 fully saturated rings. The molecule has 0 aliphatic rings. The minimum Gasteiger partial charge on any atom is -0.368 e. The second-order valence-corrected chi connectivity index (χ2v) is 4.40. The number of aryl methyl sites for hydroxylation is 1. The first-order valence-electron chi connectivity index (χ1n) is 5.12. The van der Waals surface area contributed by atoms with Crippen LogP contribution < -0.4 is 11.1 Å². The first-order valence-corrected chi connectivity index (χ1v) is 5.12. The summed E-state index contributed by atoms with van der Waals surface area (Å²) in [4.78, 5) is 22.9. The van der Waals surface area contributed by atoms with Gasteiger partial charge in [0, 0.05) is 5.56 Å². The molecule has 0 atom stereocenters. The van der Waals surface area contributed by atoms with Gasteiger partial charge in [-0.3, -0.25) is 9.59 Å². The Hall–Kier alpha value is -1.91. The quantitative estimate of drug-likeness (QED) is 0.828. The Kier molecular flexibility index (Phi) is 3.50. The predicted octanol–water partition coefficient (Wildman–Crippen LogP) is 1.13. The normalized spacial score (nSPS) is 11.1. The highest BCUT2D eigenvalue weighted by Gasteiger charge is 2.27. The van der Waals surface area contributed by atoms with E-state index < -0.39 is 23.2 Å². The number of hydrogen-bond acceptors (Lipinski definition) is 2. The van der Waals surface area contributed by atoms with Crippen molar-refractivity contribution in [3.8, 4) is 0 Å². The number of carbonyl (C=O) groups is 2. The number of hydrogen-bond donors (Lipinski definition) is 2. The van der Waals surface area contributed by atoms with Crippen molar-refractivity contribution < 1.29 is 14.0 Å². The fraction of sp³-hybridized carbons (Fsp3) is 0.333. The zero-order valence-corrected chi connectivity index (χ0v) is 10.0. The van der Waals surface area contributed by atoms with E-state index in [9.17, 15) is 14.0 Å². The Balaban J connectivity index is 2.95. The number of amides is 2. The lowest BCUT2D eigenvalue weighted by atomic mass is 10.0. The molecule has 1 aromatic carbocycles. The minimum absolute atomic E-state index is 0.320. The largest absolute Gasteiger partial charge is 0.368 e. The highest BCUT2D eigenvalue weighted by atomic mass is 19.1. The molecule has 0 aromatic heterocycles. The van der Waals surface area contributed by atoms with Crippen LogP contribution in [0.2, 0.25) is 0 Å². The summed E-state index contributed by atoms with van der Waals surface area (Å²) in [6.07, 6.45) is 0. The molecule has 5 heteroatoms. The van der Waals surface area contributed by atoms with Gasteiger partial charge in [-0.05, 0) is 44.5 Å². The zero-order valence-electron chi connectivity index (χ0n) is 10.0. The van der Waals surface area contributed by atoms with E-state index in [-0.39, 0.29) is 0 Å². The molecule has 3 N–H and O–H groups in total. The van der Waals surface area contributed by atoms with E-state index in [1.807, 2.05) is 0 Å². The van der Waals surface area contributed by atoms with Crippen molar-refractivity contribution in [3.05, 3.63) is 35.1 Å². The number of rotatable bonds is 3.